The second-order valence-electron chi connectivity index (χ2n) is 4.23. The highest BCUT2D eigenvalue weighted by molar-refractivity contribution is 6.32. The predicted octanol–water partition coefficient (Wildman–Crippen LogP) is 3.87. The fourth-order valence-corrected chi connectivity index (χ4v) is 2.39. The maximum absolute atomic E-state index is 10.9. The molecule has 0 spiro atoms. The third kappa shape index (κ3) is 2.01. The quantitative estimate of drug-likeness (QED) is 0.739. The zero-order chi connectivity index (χ0) is 12.6. The molecule has 0 bridgehead atoms. The molecule has 1 heterocycles. The fourth-order valence-electron chi connectivity index (χ4n) is 2.07. The molecule has 2 aromatic rings. The first-order chi connectivity index (χ1) is 8.04. The molecule has 0 amide bonds. The Morgan fingerprint density at radius 3 is 2.41 bits per heavy atom. The molecule has 1 aromatic heterocycles. The molecule has 0 unspecified atom stereocenters. The molecule has 2 nitrogen and oxygen atoms in total. The van der Waals surface area contributed by atoms with Gasteiger partial charge in [0.25, 0.3) is 0 Å². The van der Waals surface area contributed by atoms with Crippen molar-refractivity contribution in [2.75, 3.05) is 0 Å². The fraction of sp³-hybridized carbons (Fsp3) is 0.214. The second kappa shape index (κ2) is 4.38. The summed E-state index contributed by atoms with van der Waals surface area (Å²) in [4.78, 5) is 10.9. The van der Waals surface area contributed by atoms with Gasteiger partial charge in [0.1, 0.15) is 0 Å². The van der Waals surface area contributed by atoms with Crippen LogP contribution in [0.4, 0.5) is 0 Å². The van der Waals surface area contributed by atoms with Crippen molar-refractivity contribution in [2.45, 2.75) is 20.8 Å². The van der Waals surface area contributed by atoms with E-state index in [1.54, 1.807) is 0 Å². The molecule has 17 heavy (non-hydrogen) atoms. The molecule has 0 saturated heterocycles. The summed E-state index contributed by atoms with van der Waals surface area (Å²) in [5, 5.41) is 0.698. The molecule has 0 atom stereocenters. The molecule has 0 fully saturated rings. The zero-order valence-electron chi connectivity index (χ0n) is 10.1. The van der Waals surface area contributed by atoms with Gasteiger partial charge in [0.2, 0.25) is 0 Å². The lowest BCUT2D eigenvalue weighted by Crippen LogP contribution is -2.00. The van der Waals surface area contributed by atoms with Crippen LogP contribution in [0.5, 0.6) is 0 Å². The number of aromatic nitrogens is 1. The van der Waals surface area contributed by atoms with Crippen LogP contribution in [0.25, 0.3) is 5.69 Å². The number of aryl methyl sites for hydroxylation is 2. The Morgan fingerprint density at radius 1 is 1.18 bits per heavy atom. The normalized spacial score (nSPS) is 10.6. The minimum atomic E-state index is 0.698. The Labute approximate surface area is 106 Å². The zero-order valence-corrected chi connectivity index (χ0v) is 10.9. The molecule has 0 aliphatic heterocycles. The Kier molecular flexibility index (Phi) is 3.07. The van der Waals surface area contributed by atoms with E-state index in [1.165, 1.54) is 0 Å². The Hall–Kier alpha value is -1.54. The van der Waals surface area contributed by atoms with Gasteiger partial charge in [-0.1, -0.05) is 17.7 Å². The van der Waals surface area contributed by atoms with Crippen molar-refractivity contribution < 1.29 is 4.79 Å². The van der Waals surface area contributed by atoms with Crippen LogP contribution in [-0.2, 0) is 0 Å². The number of aldehydes is 1. The van der Waals surface area contributed by atoms with Crippen LogP contribution in [0.2, 0.25) is 5.02 Å². The first-order valence-electron chi connectivity index (χ1n) is 5.45. The number of rotatable bonds is 2. The summed E-state index contributed by atoms with van der Waals surface area (Å²) in [7, 11) is 0. The van der Waals surface area contributed by atoms with Crippen LogP contribution >= 0.6 is 11.6 Å². The smallest absolute Gasteiger partial charge is 0.151 e. The first kappa shape index (κ1) is 11.9. The largest absolute Gasteiger partial charge is 0.316 e. The van der Waals surface area contributed by atoms with Gasteiger partial charge < -0.3 is 4.57 Å². The van der Waals surface area contributed by atoms with E-state index in [9.17, 15) is 4.79 Å². The van der Waals surface area contributed by atoms with Crippen molar-refractivity contribution in [2.24, 2.45) is 0 Å². The molecular weight excluding hydrogens is 234 g/mol. The number of halogens is 1. The number of hydrogen-bond acceptors (Lipinski definition) is 1. The second-order valence-corrected chi connectivity index (χ2v) is 4.64. The summed E-state index contributed by atoms with van der Waals surface area (Å²) in [6, 6.07) is 7.79. The average molecular weight is 248 g/mol. The van der Waals surface area contributed by atoms with Gasteiger partial charge in [0.05, 0.1) is 10.7 Å². The van der Waals surface area contributed by atoms with Crippen molar-refractivity contribution in [3.05, 3.63) is 51.8 Å². The van der Waals surface area contributed by atoms with Gasteiger partial charge in [-0.3, -0.25) is 4.79 Å². The Morgan fingerprint density at radius 2 is 1.88 bits per heavy atom. The molecule has 3 heteroatoms. The number of nitrogens with zero attached hydrogens (tertiary/aromatic N) is 1. The third-order valence-electron chi connectivity index (χ3n) is 2.94. The van der Waals surface area contributed by atoms with E-state index in [0.717, 1.165) is 28.9 Å². The van der Waals surface area contributed by atoms with Gasteiger partial charge in [-0.05, 0) is 44.5 Å². The Bertz CT molecular complexity index is 584. The summed E-state index contributed by atoms with van der Waals surface area (Å²) in [6.45, 7) is 5.89. The van der Waals surface area contributed by atoms with Gasteiger partial charge >= 0.3 is 0 Å². The minimum absolute atomic E-state index is 0.698. The molecule has 0 aliphatic carbocycles. The SMILES string of the molecule is Cc1ccc(-n2c(C)cc(C=O)c2C)c(Cl)c1. The average Bonchev–Trinajstić information content (AvgIpc) is 2.55. The van der Waals surface area contributed by atoms with Crippen LogP contribution in [0.15, 0.2) is 24.3 Å². The van der Waals surface area contributed by atoms with E-state index in [1.807, 2.05) is 49.6 Å². The van der Waals surface area contributed by atoms with Gasteiger partial charge in [-0.2, -0.15) is 0 Å². The molecule has 1 aromatic carbocycles. The van der Waals surface area contributed by atoms with Crippen molar-refractivity contribution >= 4 is 17.9 Å². The Balaban J connectivity index is 2.68. The maximum Gasteiger partial charge on any atom is 0.151 e. The van der Waals surface area contributed by atoms with Gasteiger partial charge in [-0.25, -0.2) is 0 Å². The van der Waals surface area contributed by atoms with E-state index >= 15 is 0 Å². The molecule has 0 radical (unpaired) electrons. The minimum Gasteiger partial charge on any atom is -0.316 e. The molecule has 88 valence electrons. The highest BCUT2D eigenvalue weighted by atomic mass is 35.5. The monoisotopic (exact) mass is 247 g/mol. The molecule has 0 saturated carbocycles. The summed E-state index contributed by atoms with van der Waals surface area (Å²) < 4.78 is 2.01. The van der Waals surface area contributed by atoms with E-state index in [2.05, 4.69) is 0 Å². The van der Waals surface area contributed by atoms with E-state index < -0.39 is 0 Å². The van der Waals surface area contributed by atoms with Gasteiger partial charge in [-0.15, -0.1) is 0 Å². The third-order valence-corrected chi connectivity index (χ3v) is 3.24. The maximum atomic E-state index is 10.9. The predicted molar refractivity (Wildman–Crippen MR) is 70.4 cm³/mol. The van der Waals surface area contributed by atoms with Crippen molar-refractivity contribution in [1.29, 1.82) is 0 Å². The van der Waals surface area contributed by atoms with Crippen LogP contribution in [0.3, 0.4) is 0 Å². The first-order valence-corrected chi connectivity index (χ1v) is 5.83. The summed E-state index contributed by atoms with van der Waals surface area (Å²) >= 11 is 6.25. The van der Waals surface area contributed by atoms with Gasteiger partial charge in [0.15, 0.2) is 6.29 Å². The van der Waals surface area contributed by atoms with E-state index in [-0.39, 0.29) is 0 Å². The molecule has 0 N–H and O–H groups in total. The van der Waals surface area contributed by atoms with E-state index in [0.29, 0.717) is 10.6 Å². The highest BCUT2D eigenvalue weighted by Crippen LogP contribution is 2.26. The topological polar surface area (TPSA) is 22.0 Å². The molecule has 0 aliphatic rings. The van der Waals surface area contributed by atoms with Crippen LogP contribution < -0.4 is 0 Å². The lowest BCUT2D eigenvalue weighted by Gasteiger charge is -2.12. The van der Waals surface area contributed by atoms with Crippen molar-refractivity contribution in [3.8, 4) is 5.69 Å². The summed E-state index contributed by atoms with van der Waals surface area (Å²) in [5.41, 5.74) is 4.68. The number of hydrogen-bond donors (Lipinski definition) is 0. The van der Waals surface area contributed by atoms with Crippen LogP contribution in [0, 0.1) is 20.8 Å². The summed E-state index contributed by atoms with van der Waals surface area (Å²) in [5.74, 6) is 0. The molecule has 2 rings (SSSR count). The van der Waals surface area contributed by atoms with Gasteiger partial charge in [0, 0.05) is 17.0 Å². The van der Waals surface area contributed by atoms with Crippen molar-refractivity contribution in [3.63, 3.8) is 0 Å². The lowest BCUT2D eigenvalue weighted by molar-refractivity contribution is 0.112. The summed E-state index contributed by atoms with van der Waals surface area (Å²) in [6.07, 6.45) is 0.876. The number of benzene rings is 1. The highest BCUT2D eigenvalue weighted by Gasteiger charge is 2.12. The molecular formula is C14H14ClNO. The van der Waals surface area contributed by atoms with E-state index in [4.69, 9.17) is 11.6 Å². The number of carbonyl (C=O) groups is 1. The number of carbonyl (C=O) groups excluding carboxylic acids is 1. The lowest BCUT2D eigenvalue weighted by atomic mass is 10.2. The van der Waals surface area contributed by atoms with Crippen molar-refractivity contribution in [1.82, 2.24) is 4.57 Å². The van der Waals surface area contributed by atoms with Crippen LogP contribution in [-0.4, -0.2) is 10.9 Å². The standard InChI is InChI=1S/C14H14ClNO/c1-9-4-5-14(13(15)6-9)16-10(2)7-12(8-17)11(16)3/h4-8H,1-3H3. The van der Waals surface area contributed by atoms with Crippen LogP contribution in [0.1, 0.15) is 27.3 Å².